The molecule has 1 aromatic rings. The molecule has 0 aromatic heterocycles. The van der Waals surface area contributed by atoms with Crippen molar-refractivity contribution in [2.24, 2.45) is 5.92 Å². The van der Waals surface area contributed by atoms with Gasteiger partial charge in [-0.25, -0.2) is 0 Å². The molecule has 3 nitrogen and oxygen atoms in total. The molecule has 106 valence electrons. The van der Waals surface area contributed by atoms with E-state index in [2.05, 4.69) is 12.2 Å². The molecule has 1 aliphatic heterocycles. The highest BCUT2D eigenvalue weighted by Gasteiger charge is 2.34. The first kappa shape index (κ1) is 14.4. The minimum absolute atomic E-state index is 0.281. The van der Waals surface area contributed by atoms with E-state index in [1.165, 1.54) is 0 Å². The summed E-state index contributed by atoms with van der Waals surface area (Å²) in [5, 5.41) is 14.2. The van der Waals surface area contributed by atoms with E-state index in [4.69, 9.17) is 4.74 Å². The van der Waals surface area contributed by atoms with Gasteiger partial charge in [-0.2, -0.15) is 0 Å². The fourth-order valence-corrected chi connectivity index (χ4v) is 2.68. The quantitative estimate of drug-likeness (QED) is 0.858. The SMILES string of the molecule is CCCOc1ccc(C(C)(O)C2CCCNC2)cc1. The van der Waals surface area contributed by atoms with Crippen molar-refractivity contribution >= 4 is 0 Å². The normalized spacial score (nSPS) is 22.8. The predicted octanol–water partition coefficient (Wildman–Crippen LogP) is 2.68. The van der Waals surface area contributed by atoms with E-state index in [0.717, 1.165) is 50.3 Å². The van der Waals surface area contributed by atoms with Gasteiger partial charge in [-0.1, -0.05) is 19.1 Å². The minimum Gasteiger partial charge on any atom is -0.494 e. The summed E-state index contributed by atoms with van der Waals surface area (Å²) in [7, 11) is 0. The third kappa shape index (κ3) is 3.48. The molecule has 1 aromatic carbocycles. The van der Waals surface area contributed by atoms with E-state index in [1.807, 2.05) is 31.2 Å². The number of piperidine rings is 1. The number of hydrogen-bond acceptors (Lipinski definition) is 3. The molecule has 0 saturated carbocycles. The Morgan fingerprint density at radius 1 is 1.37 bits per heavy atom. The van der Waals surface area contributed by atoms with Crippen molar-refractivity contribution in [3.63, 3.8) is 0 Å². The molecule has 19 heavy (non-hydrogen) atoms. The maximum atomic E-state index is 10.8. The molecule has 2 atom stereocenters. The smallest absolute Gasteiger partial charge is 0.119 e. The summed E-state index contributed by atoms with van der Waals surface area (Å²) >= 11 is 0. The largest absolute Gasteiger partial charge is 0.494 e. The van der Waals surface area contributed by atoms with Crippen molar-refractivity contribution in [2.45, 2.75) is 38.7 Å². The number of ether oxygens (including phenoxy) is 1. The molecule has 0 aliphatic carbocycles. The van der Waals surface area contributed by atoms with Crippen LogP contribution in [0, 0.1) is 5.92 Å². The van der Waals surface area contributed by atoms with Crippen LogP contribution >= 0.6 is 0 Å². The second-order valence-electron chi connectivity index (χ2n) is 5.56. The van der Waals surface area contributed by atoms with Crippen LogP contribution in [0.4, 0.5) is 0 Å². The van der Waals surface area contributed by atoms with Crippen LogP contribution in [0.5, 0.6) is 5.75 Å². The summed E-state index contributed by atoms with van der Waals surface area (Å²) in [5.41, 5.74) is 0.210. The van der Waals surface area contributed by atoms with Gasteiger partial charge in [-0.05, 0) is 50.4 Å². The van der Waals surface area contributed by atoms with Crippen molar-refractivity contribution in [3.05, 3.63) is 29.8 Å². The summed E-state index contributed by atoms with van der Waals surface area (Å²) in [6.07, 6.45) is 3.22. The molecular formula is C16H25NO2. The monoisotopic (exact) mass is 263 g/mol. The Kier molecular flexibility index (Phi) is 4.83. The van der Waals surface area contributed by atoms with E-state index in [1.54, 1.807) is 0 Å². The Labute approximate surface area is 116 Å². The lowest BCUT2D eigenvalue weighted by atomic mass is 9.79. The molecule has 0 spiro atoms. The fourth-order valence-electron chi connectivity index (χ4n) is 2.68. The fraction of sp³-hybridized carbons (Fsp3) is 0.625. The Hall–Kier alpha value is -1.06. The summed E-state index contributed by atoms with van der Waals surface area (Å²) in [6.45, 7) is 6.71. The molecule has 0 radical (unpaired) electrons. The van der Waals surface area contributed by atoms with Crippen LogP contribution < -0.4 is 10.1 Å². The second-order valence-corrected chi connectivity index (χ2v) is 5.56. The highest BCUT2D eigenvalue weighted by Crippen LogP contribution is 2.34. The van der Waals surface area contributed by atoms with Crippen LogP contribution in [0.15, 0.2) is 24.3 Å². The van der Waals surface area contributed by atoms with Gasteiger partial charge in [0.15, 0.2) is 0 Å². The van der Waals surface area contributed by atoms with Crippen LogP contribution in [0.1, 0.15) is 38.7 Å². The van der Waals surface area contributed by atoms with E-state index < -0.39 is 5.60 Å². The van der Waals surface area contributed by atoms with Crippen LogP contribution in [-0.2, 0) is 5.60 Å². The highest BCUT2D eigenvalue weighted by molar-refractivity contribution is 5.31. The standard InChI is InChI=1S/C16H25NO2/c1-3-11-19-15-8-6-13(7-9-15)16(2,18)14-5-4-10-17-12-14/h6-9,14,17-18H,3-5,10-12H2,1-2H3. The molecule has 2 unspecified atom stereocenters. The average Bonchev–Trinajstić information content (AvgIpc) is 2.46. The predicted molar refractivity (Wildman–Crippen MR) is 77.4 cm³/mol. The number of rotatable bonds is 5. The maximum absolute atomic E-state index is 10.8. The van der Waals surface area contributed by atoms with E-state index in [-0.39, 0.29) is 5.92 Å². The molecule has 1 heterocycles. The third-order valence-electron chi connectivity index (χ3n) is 4.00. The van der Waals surface area contributed by atoms with E-state index in [0.29, 0.717) is 0 Å². The molecule has 0 amide bonds. The first-order valence-corrected chi connectivity index (χ1v) is 7.31. The lowest BCUT2D eigenvalue weighted by molar-refractivity contribution is -0.0156. The van der Waals surface area contributed by atoms with Crippen molar-refractivity contribution in [1.29, 1.82) is 0 Å². The second kappa shape index (κ2) is 6.40. The molecule has 1 saturated heterocycles. The minimum atomic E-state index is -0.767. The number of benzene rings is 1. The lowest BCUT2D eigenvalue weighted by Gasteiger charge is -2.36. The highest BCUT2D eigenvalue weighted by atomic mass is 16.5. The van der Waals surface area contributed by atoms with Gasteiger partial charge in [0.1, 0.15) is 5.75 Å². The molecule has 2 N–H and O–H groups in total. The van der Waals surface area contributed by atoms with E-state index >= 15 is 0 Å². The number of hydrogen-bond donors (Lipinski definition) is 2. The Morgan fingerprint density at radius 2 is 2.11 bits per heavy atom. The van der Waals surface area contributed by atoms with Gasteiger partial charge >= 0.3 is 0 Å². The summed E-state index contributed by atoms with van der Waals surface area (Å²) < 4.78 is 5.57. The summed E-state index contributed by atoms with van der Waals surface area (Å²) in [4.78, 5) is 0. The van der Waals surface area contributed by atoms with Gasteiger partial charge in [0, 0.05) is 12.5 Å². The van der Waals surface area contributed by atoms with Crippen LogP contribution in [0.2, 0.25) is 0 Å². The summed E-state index contributed by atoms with van der Waals surface area (Å²) in [6, 6.07) is 7.88. The van der Waals surface area contributed by atoms with Gasteiger partial charge in [-0.15, -0.1) is 0 Å². The van der Waals surface area contributed by atoms with Gasteiger partial charge in [0.2, 0.25) is 0 Å². The molecule has 0 bridgehead atoms. The van der Waals surface area contributed by atoms with Crippen molar-refractivity contribution in [2.75, 3.05) is 19.7 Å². The Bertz CT molecular complexity index is 380. The van der Waals surface area contributed by atoms with Crippen LogP contribution in [0.3, 0.4) is 0 Å². The first-order chi connectivity index (χ1) is 9.14. The van der Waals surface area contributed by atoms with E-state index in [9.17, 15) is 5.11 Å². The average molecular weight is 263 g/mol. The van der Waals surface area contributed by atoms with Crippen LogP contribution in [0.25, 0.3) is 0 Å². The third-order valence-corrected chi connectivity index (χ3v) is 4.00. The molecule has 1 aliphatic rings. The lowest BCUT2D eigenvalue weighted by Crippen LogP contribution is -2.42. The van der Waals surface area contributed by atoms with Gasteiger partial charge in [0.05, 0.1) is 12.2 Å². The van der Waals surface area contributed by atoms with Crippen molar-refractivity contribution in [1.82, 2.24) is 5.32 Å². The van der Waals surface area contributed by atoms with Gasteiger partial charge in [-0.3, -0.25) is 0 Å². The summed E-state index contributed by atoms with van der Waals surface area (Å²) in [5.74, 6) is 1.16. The molecule has 3 heteroatoms. The maximum Gasteiger partial charge on any atom is 0.119 e. The number of nitrogens with one attached hydrogen (secondary N) is 1. The molecular weight excluding hydrogens is 238 g/mol. The topological polar surface area (TPSA) is 41.5 Å². The van der Waals surface area contributed by atoms with Crippen molar-refractivity contribution < 1.29 is 9.84 Å². The van der Waals surface area contributed by atoms with Crippen molar-refractivity contribution in [3.8, 4) is 5.75 Å². The zero-order valence-electron chi connectivity index (χ0n) is 12.0. The molecule has 2 rings (SSSR count). The first-order valence-electron chi connectivity index (χ1n) is 7.31. The van der Waals surface area contributed by atoms with Gasteiger partial charge in [0.25, 0.3) is 0 Å². The van der Waals surface area contributed by atoms with Crippen LogP contribution in [-0.4, -0.2) is 24.8 Å². The Morgan fingerprint density at radius 3 is 2.68 bits per heavy atom. The molecule has 1 fully saturated rings. The zero-order valence-corrected chi connectivity index (χ0v) is 12.0. The zero-order chi connectivity index (χ0) is 13.7. The number of aliphatic hydroxyl groups is 1. The Balaban J connectivity index is 2.06. The van der Waals surface area contributed by atoms with Gasteiger partial charge < -0.3 is 15.2 Å².